The molecule has 0 aromatic heterocycles. The first-order valence-electron chi connectivity index (χ1n) is 8.16. The van der Waals surface area contributed by atoms with Gasteiger partial charge in [0.05, 0.1) is 5.56 Å². The predicted octanol–water partition coefficient (Wildman–Crippen LogP) is 6.95. The summed E-state index contributed by atoms with van der Waals surface area (Å²) in [7, 11) is 0. The van der Waals surface area contributed by atoms with Crippen molar-refractivity contribution in [2.24, 2.45) is 0 Å². The van der Waals surface area contributed by atoms with Crippen LogP contribution in [0.3, 0.4) is 0 Å². The van der Waals surface area contributed by atoms with Crippen LogP contribution in [0.15, 0.2) is 24.3 Å². The normalized spacial score (nSPS) is 13.4. The van der Waals surface area contributed by atoms with Crippen LogP contribution in [0.2, 0.25) is 0 Å². The van der Waals surface area contributed by atoms with Crippen molar-refractivity contribution in [1.82, 2.24) is 0 Å². The zero-order valence-electron chi connectivity index (χ0n) is 13.2. The van der Waals surface area contributed by atoms with E-state index in [0.29, 0.717) is 0 Å². The lowest BCUT2D eigenvalue weighted by Gasteiger charge is -2.18. The molecule has 120 valence electrons. The van der Waals surface area contributed by atoms with Gasteiger partial charge in [-0.05, 0) is 30.4 Å². The fraction of sp³-hybridized carbons (Fsp3) is 0.667. The second-order valence-corrected chi connectivity index (χ2v) is 5.81. The van der Waals surface area contributed by atoms with Crippen molar-refractivity contribution < 1.29 is 13.2 Å². The standard InChI is InChI=1S/C18H27F3/c1-3-5-7-8-11-15(10-6-4-2)16-12-9-13-17(14-16)18(19,20)21/h9,12-15H,3-8,10-11H2,1-2H3. The molecule has 0 aliphatic rings. The quantitative estimate of drug-likeness (QED) is 0.433. The molecule has 1 atom stereocenters. The van der Waals surface area contributed by atoms with E-state index in [-0.39, 0.29) is 5.92 Å². The Bertz CT molecular complexity index is 396. The molecule has 0 amide bonds. The summed E-state index contributed by atoms with van der Waals surface area (Å²) in [5.74, 6) is 0.268. The molecule has 0 nitrogen and oxygen atoms in total. The number of halogens is 3. The lowest BCUT2D eigenvalue weighted by atomic mass is 9.88. The van der Waals surface area contributed by atoms with Gasteiger partial charge in [-0.1, -0.05) is 70.6 Å². The summed E-state index contributed by atoms with van der Waals surface area (Å²) in [6.07, 6.45) is 4.60. The molecule has 1 aromatic rings. The highest BCUT2D eigenvalue weighted by Crippen LogP contribution is 2.34. The number of benzene rings is 1. The fourth-order valence-electron chi connectivity index (χ4n) is 2.71. The molecule has 0 N–H and O–H groups in total. The third kappa shape index (κ3) is 6.54. The van der Waals surface area contributed by atoms with Crippen LogP contribution in [-0.2, 0) is 6.18 Å². The van der Waals surface area contributed by atoms with Crippen LogP contribution in [0.4, 0.5) is 13.2 Å². The largest absolute Gasteiger partial charge is 0.416 e. The molecule has 0 radical (unpaired) electrons. The zero-order valence-corrected chi connectivity index (χ0v) is 13.2. The Hall–Kier alpha value is -0.990. The van der Waals surface area contributed by atoms with Crippen LogP contribution in [0.25, 0.3) is 0 Å². The second-order valence-electron chi connectivity index (χ2n) is 5.81. The van der Waals surface area contributed by atoms with Gasteiger partial charge >= 0.3 is 6.18 Å². The Morgan fingerprint density at radius 2 is 1.57 bits per heavy atom. The van der Waals surface area contributed by atoms with E-state index in [1.807, 2.05) is 6.07 Å². The van der Waals surface area contributed by atoms with Gasteiger partial charge in [0.1, 0.15) is 0 Å². The molecule has 21 heavy (non-hydrogen) atoms. The average Bonchev–Trinajstić information content (AvgIpc) is 2.46. The Morgan fingerprint density at radius 3 is 2.19 bits per heavy atom. The van der Waals surface area contributed by atoms with E-state index >= 15 is 0 Å². The maximum Gasteiger partial charge on any atom is 0.416 e. The minimum absolute atomic E-state index is 0.268. The SMILES string of the molecule is CCCCCCC(CCCC)c1cccc(C(F)(F)F)c1. The second kappa shape index (κ2) is 9.11. The van der Waals surface area contributed by atoms with Crippen molar-refractivity contribution in [2.45, 2.75) is 77.3 Å². The molecular weight excluding hydrogens is 273 g/mol. The van der Waals surface area contributed by atoms with Gasteiger partial charge in [-0.2, -0.15) is 13.2 Å². The van der Waals surface area contributed by atoms with Crippen molar-refractivity contribution in [3.05, 3.63) is 35.4 Å². The zero-order chi connectivity index (χ0) is 15.7. The van der Waals surface area contributed by atoms with Gasteiger partial charge in [0.2, 0.25) is 0 Å². The third-order valence-corrected chi connectivity index (χ3v) is 4.00. The maximum absolute atomic E-state index is 12.8. The molecule has 3 heteroatoms. The number of hydrogen-bond donors (Lipinski definition) is 0. The van der Waals surface area contributed by atoms with Crippen LogP contribution < -0.4 is 0 Å². The molecule has 0 bridgehead atoms. The molecule has 1 aromatic carbocycles. The van der Waals surface area contributed by atoms with E-state index in [4.69, 9.17) is 0 Å². The molecule has 0 fully saturated rings. The van der Waals surface area contributed by atoms with Crippen molar-refractivity contribution in [1.29, 1.82) is 0 Å². The van der Waals surface area contributed by atoms with Crippen molar-refractivity contribution in [3.8, 4) is 0 Å². The maximum atomic E-state index is 12.8. The van der Waals surface area contributed by atoms with Crippen LogP contribution >= 0.6 is 0 Å². The van der Waals surface area contributed by atoms with Gasteiger partial charge in [-0.15, -0.1) is 0 Å². The summed E-state index contributed by atoms with van der Waals surface area (Å²) in [4.78, 5) is 0. The van der Waals surface area contributed by atoms with E-state index in [0.717, 1.165) is 43.7 Å². The molecule has 0 heterocycles. The average molecular weight is 300 g/mol. The number of alkyl halides is 3. The lowest BCUT2D eigenvalue weighted by Crippen LogP contribution is -2.07. The Labute approximate surface area is 126 Å². The monoisotopic (exact) mass is 300 g/mol. The molecule has 1 unspecified atom stereocenters. The molecule has 0 spiro atoms. The molecule has 0 aliphatic carbocycles. The highest BCUT2D eigenvalue weighted by Gasteiger charge is 2.30. The summed E-state index contributed by atoms with van der Waals surface area (Å²) < 4.78 is 38.5. The van der Waals surface area contributed by atoms with Crippen LogP contribution in [0.1, 0.15) is 82.3 Å². The first kappa shape index (κ1) is 18.1. The Kier molecular flexibility index (Phi) is 7.84. The van der Waals surface area contributed by atoms with Gasteiger partial charge < -0.3 is 0 Å². The lowest BCUT2D eigenvalue weighted by molar-refractivity contribution is -0.137. The number of unbranched alkanes of at least 4 members (excludes halogenated alkanes) is 4. The Balaban J connectivity index is 2.76. The van der Waals surface area contributed by atoms with Gasteiger partial charge in [0, 0.05) is 0 Å². The van der Waals surface area contributed by atoms with Crippen LogP contribution in [0, 0.1) is 0 Å². The smallest absolute Gasteiger partial charge is 0.166 e. The highest BCUT2D eigenvalue weighted by atomic mass is 19.4. The van der Waals surface area contributed by atoms with E-state index in [1.54, 1.807) is 6.07 Å². The number of rotatable bonds is 9. The topological polar surface area (TPSA) is 0 Å². The molecule has 0 aliphatic heterocycles. The van der Waals surface area contributed by atoms with Crippen molar-refractivity contribution >= 4 is 0 Å². The highest BCUT2D eigenvalue weighted by molar-refractivity contribution is 5.28. The first-order chi connectivity index (χ1) is 9.99. The summed E-state index contributed by atoms with van der Waals surface area (Å²) >= 11 is 0. The van der Waals surface area contributed by atoms with Gasteiger partial charge in [0.15, 0.2) is 0 Å². The van der Waals surface area contributed by atoms with Crippen LogP contribution in [0.5, 0.6) is 0 Å². The van der Waals surface area contributed by atoms with Crippen molar-refractivity contribution in [3.63, 3.8) is 0 Å². The van der Waals surface area contributed by atoms with E-state index in [2.05, 4.69) is 13.8 Å². The van der Waals surface area contributed by atoms with Gasteiger partial charge in [0.25, 0.3) is 0 Å². The summed E-state index contributed by atoms with van der Waals surface area (Å²) in [5, 5.41) is 0. The molecule has 0 saturated heterocycles. The van der Waals surface area contributed by atoms with Gasteiger partial charge in [-0.25, -0.2) is 0 Å². The summed E-state index contributed by atoms with van der Waals surface area (Å²) in [6.45, 7) is 4.29. The minimum Gasteiger partial charge on any atom is -0.166 e. The number of hydrogen-bond acceptors (Lipinski definition) is 0. The molecule has 0 saturated carbocycles. The fourth-order valence-corrected chi connectivity index (χ4v) is 2.71. The summed E-state index contributed by atoms with van der Waals surface area (Å²) in [6, 6.07) is 5.91. The molecular formula is C18H27F3. The van der Waals surface area contributed by atoms with E-state index in [1.165, 1.54) is 25.3 Å². The van der Waals surface area contributed by atoms with Crippen molar-refractivity contribution in [2.75, 3.05) is 0 Å². The first-order valence-corrected chi connectivity index (χ1v) is 8.16. The van der Waals surface area contributed by atoms with Gasteiger partial charge in [-0.3, -0.25) is 0 Å². The summed E-state index contributed by atoms with van der Waals surface area (Å²) in [5.41, 5.74) is 0.338. The van der Waals surface area contributed by atoms with Crippen LogP contribution in [-0.4, -0.2) is 0 Å². The third-order valence-electron chi connectivity index (χ3n) is 4.00. The van der Waals surface area contributed by atoms with E-state index < -0.39 is 11.7 Å². The predicted molar refractivity (Wildman–Crippen MR) is 82.5 cm³/mol. The Morgan fingerprint density at radius 1 is 0.905 bits per heavy atom. The minimum atomic E-state index is -4.24. The van der Waals surface area contributed by atoms with E-state index in [9.17, 15) is 13.2 Å². The molecule has 1 rings (SSSR count).